The Kier molecular flexibility index (Phi) is 5.94. The van der Waals surface area contributed by atoms with Crippen LogP contribution in [0.1, 0.15) is 46.7 Å². The van der Waals surface area contributed by atoms with Gasteiger partial charge in [-0.1, -0.05) is 26.0 Å². The van der Waals surface area contributed by atoms with Crippen LogP contribution in [0.25, 0.3) is 0 Å². The Hall–Kier alpha value is -2.93. The second-order valence-electron chi connectivity index (χ2n) is 6.72. The monoisotopic (exact) mass is 398 g/mol. The Balaban J connectivity index is 1.86. The minimum atomic E-state index is -3.77. The van der Waals surface area contributed by atoms with E-state index < -0.39 is 15.1 Å². The average Bonchev–Trinajstić information content (AvgIpc) is 3.23. The lowest BCUT2D eigenvalue weighted by molar-refractivity contribution is 0.0953. The molecule has 1 aromatic carbocycles. The molecule has 0 aliphatic heterocycles. The summed E-state index contributed by atoms with van der Waals surface area (Å²) in [6, 6.07) is 13.2. The molecule has 0 aliphatic carbocycles. The molecular formula is C21H22N2O4S. The van der Waals surface area contributed by atoms with Crippen molar-refractivity contribution in [2.75, 3.05) is 6.54 Å². The maximum atomic E-state index is 13.2. The number of furan rings is 1. The zero-order valence-electron chi connectivity index (χ0n) is 15.7. The van der Waals surface area contributed by atoms with E-state index in [1.54, 1.807) is 36.4 Å². The van der Waals surface area contributed by atoms with Crippen LogP contribution in [-0.2, 0) is 9.84 Å². The first-order valence-corrected chi connectivity index (χ1v) is 10.5. The predicted octanol–water partition coefficient (Wildman–Crippen LogP) is 3.74. The van der Waals surface area contributed by atoms with Crippen molar-refractivity contribution in [3.63, 3.8) is 0 Å². The van der Waals surface area contributed by atoms with Crippen LogP contribution < -0.4 is 5.32 Å². The zero-order chi connectivity index (χ0) is 20.1. The lowest BCUT2D eigenvalue weighted by Crippen LogP contribution is -2.31. The fourth-order valence-electron chi connectivity index (χ4n) is 2.84. The van der Waals surface area contributed by atoms with Gasteiger partial charge in [0.05, 0.1) is 11.2 Å². The first kappa shape index (κ1) is 19.8. The van der Waals surface area contributed by atoms with E-state index in [9.17, 15) is 13.2 Å². The molecule has 2 aromatic heterocycles. The number of pyridine rings is 1. The molecule has 3 rings (SSSR count). The van der Waals surface area contributed by atoms with E-state index in [2.05, 4.69) is 10.3 Å². The van der Waals surface area contributed by atoms with Gasteiger partial charge in [0.1, 0.15) is 11.0 Å². The summed E-state index contributed by atoms with van der Waals surface area (Å²) >= 11 is 0. The minimum absolute atomic E-state index is 0.108. The van der Waals surface area contributed by atoms with Gasteiger partial charge in [-0.05, 0) is 47.9 Å². The second-order valence-corrected chi connectivity index (χ2v) is 8.85. The SMILES string of the molecule is CC(C)c1ccc(S(=O)(=O)[C@H](CNC(=O)c2ccncc2)c2ccco2)cc1. The molecule has 146 valence electrons. The van der Waals surface area contributed by atoms with E-state index in [1.807, 2.05) is 26.0 Å². The van der Waals surface area contributed by atoms with Crippen LogP contribution in [0, 0.1) is 0 Å². The van der Waals surface area contributed by atoms with E-state index in [-0.39, 0.29) is 23.1 Å². The lowest BCUT2D eigenvalue weighted by Gasteiger charge is -2.17. The molecule has 0 saturated carbocycles. The first-order valence-electron chi connectivity index (χ1n) is 8.95. The molecule has 28 heavy (non-hydrogen) atoms. The van der Waals surface area contributed by atoms with E-state index in [0.717, 1.165) is 5.56 Å². The summed E-state index contributed by atoms with van der Waals surface area (Å²) in [4.78, 5) is 16.4. The van der Waals surface area contributed by atoms with Crippen molar-refractivity contribution in [2.24, 2.45) is 0 Å². The van der Waals surface area contributed by atoms with Gasteiger partial charge >= 0.3 is 0 Å². The first-order chi connectivity index (χ1) is 13.4. The van der Waals surface area contributed by atoms with Crippen LogP contribution in [0.15, 0.2) is 76.5 Å². The summed E-state index contributed by atoms with van der Waals surface area (Å²) in [5, 5.41) is 1.66. The van der Waals surface area contributed by atoms with Crippen LogP contribution >= 0.6 is 0 Å². The third-order valence-corrected chi connectivity index (χ3v) is 6.58. The quantitative estimate of drug-likeness (QED) is 0.655. The van der Waals surface area contributed by atoms with Gasteiger partial charge in [0, 0.05) is 24.5 Å². The Morgan fingerprint density at radius 2 is 1.75 bits per heavy atom. The largest absolute Gasteiger partial charge is 0.468 e. The number of hydrogen-bond donors (Lipinski definition) is 1. The molecule has 0 spiro atoms. The third kappa shape index (κ3) is 4.31. The minimum Gasteiger partial charge on any atom is -0.468 e. The molecule has 0 unspecified atom stereocenters. The number of carbonyl (C=O) groups is 1. The lowest BCUT2D eigenvalue weighted by atomic mass is 10.0. The number of hydrogen-bond acceptors (Lipinski definition) is 5. The van der Waals surface area contributed by atoms with E-state index in [1.165, 1.54) is 18.7 Å². The molecule has 1 N–H and O–H groups in total. The molecule has 0 aliphatic rings. The molecule has 2 heterocycles. The van der Waals surface area contributed by atoms with Gasteiger partial charge in [-0.15, -0.1) is 0 Å². The van der Waals surface area contributed by atoms with Gasteiger partial charge in [0.15, 0.2) is 9.84 Å². The number of carbonyl (C=O) groups excluding carboxylic acids is 1. The summed E-state index contributed by atoms with van der Waals surface area (Å²) in [6.07, 6.45) is 4.43. The van der Waals surface area contributed by atoms with Crippen LogP contribution in [0.3, 0.4) is 0 Å². The highest BCUT2D eigenvalue weighted by molar-refractivity contribution is 7.91. The number of rotatable bonds is 7. The summed E-state index contributed by atoms with van der Waals surface area (Å²) in [6.45, 7) is 3.98. The van der Waals surface area contributed by atoms with E-state index in [0.29, 0.717) is 11.5 Å². The smallest absolute Gasteiger partial charge is 0.251 e. The van der Waals surface area contributed by atoms with E-state index >= 15 is 0 Å². The van der Waals surface area contributed by atoms with Gasteiger partial charge in [0.2, 0.25) is 0 Å². The summed E-state index contributed by atoms with van der Waals surface area (Å²) in [7, 11) is -3.77. The topological polar surface area (TPSA) is 89.3 Å². The normalized spacial score (nSPS) is 12.7. The molecule has 0 fully saturated rings. The Morgan fingerprint density at radius 3 is 2.32 bits per heavy atom. The second kappa shape index (κ2) is 8.39. The van der Waals surface area contributed by atoms with Crippen LogP contribution in [-0.4, -0.2) is 25.9 Å². The highest BCUT2D eigenvalue weighted by atomic mass is 32.2. The van der Waals surface area contributed by atoms with Crippen molar-refractivity contribution in [3.05, 3.63) is 84.1 Å². The highest BCUT2D eigenvalue weighted by Gasteiger charge is 2.32. The van der Waals surface area contributed by atoms with Crippen LogP contribution in [0.2, 0.25) is 0 Å². The standard InChI is InChI=1S/C21H22N2O4S/c1-15(2)16-5-7-18(8-6-16)28(25,26)20(19-4-3-13-27-19)14-23-21(24)17-9-11-22-12-10-17/h3-13,15,20H,14H2,1-2H3,(H,23,24)/t20-/m1/s1. The van der Waals surface area contributed by atoms with Crippen molar-refractivity contribution in [1.82, 2.24) is 10.3 Å². The number of sulfone groups is 1. The number of nitrogens with zero attached hydrogens (tertiary/aromatic N) is 1. The average molecular weight is 398 g/mol. The van der Waals surface area contributed by atoms with Crippen molar-refractivity contribution in [2.45, 2.75) is 29.9 Å². The van der Waals surface area contributed by atoms with Crippen molar-refractivity contribution < 1.29 is 17.6 Å². The van der Waals surface area contributed by atoms with Gasteiger partial charge < -0.3 is 9.73 Å². The van der Waals surface area contributed by atoms with Gasteiger partial charge in [-0.2, -0.15) is 0 Å². The maximum Gasteiger partial charge on any atom is 0.251 e. The number of benzene rings is 1. The predicted molar refractivity (Wildman–Crippen MR) is 106 cm³/mol. The molecule has 1 atom stereocenters. The molecule has 7 heteroatoms. The maximum absolute atomic E-state index is 13.2. The Labute approximate surface area is 164 Å². The molecule has 6 nitrogen and oxygen atoms in total. The van der Waals surface area contributed by atoms with Crippen molar-refractivity contribution >= 4 is 15.7 Å². The number of nitrogens with one attached hydrogen (secondary N) is 1. The molecule has 1 amide bonds. The molecule has 0 bridgehead atoms. The van der Waals surface area contributed by atoms with E-state index in [4.69, 9.17) is 4.42 Å². The third-order valence-electron chi connectivity index (χ3n) is 4.50. The van der Waals surface area contributed by atoms with Crippen LogP contribution in [0.5, 0.6) is 0 Å². The molecule has 0 saturated heterocycles. The molecule has 0 radical (unpaired) electrons. The summed E-state index contributed by atoms with van der Waals surface area (Å²) in [5.41, 5.74) is 1.46. The number of aromatic nitrogens is 1. The number of amides is 1. The Morgan fingerprint density at radius 1 is 1.07 bits per heavy atom. The molecular weight excluding hydrogens is 376 g/mol. The Bertz CT molecular complexity index is 1010. The van der Waals surface area contributed by atoms with Gasteiger partial charge in [-0.25, -0.2) is 8.42 Å². The van der Waals surface area contributed by atoms with Gasteiger partial charge in [-0.3, -0.25) is 9.78 Å². The highest BCUT2D eigenvalue weighted by Crippen LogP contribution is 2.30. The van der Waals surface area contributed by atoms with Crippen molar-refractivity contribution in [3.8, 4) is 0 Å². The fourth-order valence-corrected chi connectivity index (χ4v) is 4.42. The van der Waals surface area contributed by atoms with Gasteiger partial charge in [0.25, 0.3) is 5.91 Å². The summed E-state index contributed by atoms with van der Waals surface area (Å²) in [5.74, 6) is 0.213. The fraction of sp³-hybridized carbons (Fsp3) is 0.238. The summed E-state index contributed by atoms with van der Waals surface area (Å²) < 4.78 is 31.8. The zero-order valence-corrected chi connectivity index (χ0v) is 16.5. The van der Waals surface area contributed by atoms with Crippen molar-refractivity contribution in [1.29, 1.82) is 0 Å². The van der Waals surface area contributed by atoms with Crippen LogP contribution in [0.4, 0.5) is 0 Å². The molecule has 3 aromatic rings.